The molecule has 0 saturated carbocycles. The summed E-state index contributed by atoms with van der Waals surface area (Å²) in [6, 6.07) is 3.71. The van der Waals surface area contributed by atoms with Crippen LogP contribution in [0.25, 0.3) is 10.9 Å². The molecule has 2 aromatic rings. The number of benzene rings is 1. The SMILES string of the molecule is COc1cc2nc(N3CCN4C(=O)NCC4C3)nc(N)c2cc1OC. The van der Waals surface area contributed by atoms with Crippen molar-refractivity contribution in [1.82, 2.24) is 20.2 Å². The molecule has 2 fully saturated rings. The predicted octanol–water partition coefficient (Wildman–Crippen LogP) is 0.443. The fourth-order valence-corrected chi connectivity index (χ4v) is 3.39. The number of rotatable bonds is 3. The molecule has 3 heterocycles. The number of hydrogen-bond acceptors (Lipinski definition) is 7. The highest BCUT2D eigenvalue weighted by Gasteiger charge is 2.36. The number of aromatic nitrogens is 2. The largest absolute Gasteiger partial charge is 0.493 e. The molecule has 1 aromatic carbocycles. The Kier molecular flexibility index (Phi) is 3.63. The molecule has 0 bridgehead atoms. The molecule has 3 N–H and O–H groups in total. The quantitative estimate of drug-likeness (QED) is 0.832. The number of hydrogen-bond donors (Lipinski definition) is 2. The first-order chi connectivity index (χ1) is 12.1. The summed E-state index contributed by atoms with van der Waals surface area (Å²) in [7, 11) is 3.16. The lowest BCUT2D eigenvalue weighted by molar-refractivity contribution is 0.197. The second-order valence-corrected chi connectivity index (χ2v) is 6.11. The second-order valence-electron chi connectivity index (χ2n) is 6.11. The van der Waals surface area contributed by atoms with E-state index in [2.05, 4.69) is 20.2 Å². The van der Waals surface area contributed by atoms with Crippen molar-refractivity contribution in [2.24, 2.45) is 0 Å². The number of anilines is 2. The fraction of sp³-hybridized carbons (Fsp3) is 0.438. The van der Waals surface area contributed by atoms with Gasteiger partial charge in [0.2, 0.25) is 5.95 Å². The number of nitrogens with one attached hydrogen (secondary N) is 1. The number of fused-ring (bicyclic) bond motifs is 2. The molecule has 2 amide bonds. The van der Waals surface area contributed by atoms with E-state index in [1.54, 1.807) is 26.4 Å². The molecule has 2 aliphatic heterocycles. The van der Waals surface area contributed by atoms with E-state index in [4.69, 9.17) is 15.2 Å². The molecule has 0 radical (unpaired) electrons. The average molecular weight is 344 g/mol. The van der Waals surface area contributed by atoms with Crippen LogP contribution >= 0.6 is 0 Å². The van der Waals surface area contributed by atoms with Crippen molar-refractivity contribution in [2.45, 2.75) is 6.04 Å². The first kappa shape index (κ1) is 15.6. The second kappa shape index (κ2) is 5.83. The van der Waals surface area contributed by atoms with Crippen molar-refractivity contribution in [1.29, 1.82) is 0 Å². The normalized spacial score (nSPS) is 19.8. The summed E-state index contributed by atoms with van der Waals surface area (Å²) >= 11 is 0. The van der Waals surface area contributed by atoms with Crippen LogP contribution in [0.5, 0.6) is 11.5 Å². The molecule has 2 aliphatic rings. The van der Waals surface area contributed by atoms with Gasteiger partial charge in [0.15, 0.2) is 11.5 Å². The lowest BCUT2D eigenvalue weighted by Gasteiger charge is -2.36. The molecule has 0 spiro atoms. The Bertz CT molecular complexity index is 842. The van der Waals surface area contributed by atoms with Crippen LogP contribution in [0.15, 0.2) is 12.1 Å². The summed E-state index contributed by atoms with van der Waals surface area (Å²) in [5.41, 5.74) is 6.85. The highest BCUT2D eigenvalue weighted by atomic mass is 16.5. The smallest absolute Gasteiger partial charge is 0.317 e. The van der Waals surface area contributed by atoms with Gasteiger partial charge in [-0.1, -0.05) is 0 Å². The van der Waals surface area contributed by atoms with Gasteiger partial charge in [0, 0.05) is 37.6 Å². The molecule has 9 nitrogen and oxygen atoms in total. The number of nitrogens with zero attached hydrogens (tertiary/aromatic N) is 4. The van der Waals surface area contributed by atoms with E-state index in [1.165, 1.54) is 0 Å². The minimum absolute atomic E-state index is 0.000394. The monoisotopic (exact) mass is 344 g/mol. The van der Waals surface area contributed by atoms with Gasteiger partial charge in [-0.25, -0.2) is 9.78 Å². The van der Waals surface area contributed by atoms with Crippen LogP contribution in [-0.4, -0.2) is 67.3 Å². The molecular formula is C16H20N6O3. The van der Waals surface area contributed by atoms with E-state index in [9.17, 15) is 4.79 Å². The van der Waals surface area contributed by atoms with Gasteiger partial charge in [-0.2, -0.15) is 4.98 Å². The van der Waals surface area contributed by atoms with Gasteiger partial charge < -0.3 is 30.3 Å². The highest BCUT2D eigenvalue weighted by molar-refractivity contribution is 5.91. The number of carbonyl (C=O) groups excluding carboxylic acids is 1. The van der Waals surface area contributed by atoms with Gasteiger partial charge in [-0.3, -0.25) is 0 Å². The summed E-state index contributed by atoms with van der Waals surface area (Å²) in [6.45, 7) is 2.63. The van der Waals surface area contributed by atoms with Crippen LogP contribution in [-0.2, 0) is 0 Å². The molecule has 9 heteroatoms. The third-order valence-corrected chi connectivity index (χ3v) is 4.73. The maximum atomic E-state index is 11.7. The number of piperazine rings is 1. The van der Waals surface area contributed by atoms with Gasteiger partial charge >= 0.3 is 6.03 Å². The lowest BCUT2D eigenvalue weighted by Crippen LogP contribution is -2.52. The summed E-state index contributed by atoms with van der Waals surface area (Å²) in [4.78, 5) is 24.8. The van der Waals surface area contributed by atoms with Crippen LogP contribution < -0.4 is 25.4 Å². The average Bonchev–Trinajstić information content (AvgIpc) is 3.01. The lowest BCUT2D eigenvalue weighted by atomic mass is 10.2. The first-order valence-electron chi connectivity index (χ1n) is 8.09. The van der Waals surface area contributed by atoms with Crippen LogP contribution in [0.3, 0.4) is 0 Å². The minimum atomic E-state index is 0.000394. The first-order valence-corrected chi connectivity index (χ1v) is 8.09. The topological polar surface area (TPSA) is 106 Å². The summed E-state index contributed by atoms with van der Waals surface area (Å²) in [6.07, 6.45) is 0. The zero-order valence-corrected chi connectivity index (χ0v) is 14.2. The molecule has 1 atom stereocenters. The zero-order chi connectivity index (χ0) is 17.6. The van der Waals surface area contributed by atoms with E-state index in [0.717, 1.165) is 5.39 Å². The maximum Gasteiger partial charge on any atom is 0.317 e. The number of ether oxygens (including phenoxy) is 2. The number of nitrogens with two attached hydrogens (primary N) is 1. The van der Waals surface area contributed by atoms with Gasteiger partial charge in [-0.15, -0.1) is 0 Å². The van der Waals surface area contributed by atoms with Gasteiger partial charge in [0.25, 0.3) is 0 Å². The van der Waals surface area contributed by atoms with Crippen LogP contribution in [0.1, 0.15) is 0 Å². The van der Waals surface area contributed by atoms with Crippen molar-refractivity contribution in [2.75, 3.05) is 51.0 Å². The van der Waals surface area contributed by atoms with E-state index >= 15 is 0 Å². The van der Waals surface area contributed by atoms with E-state index < -0.39 is 0 Å². The molecule has 4 rings (SSSR count). The maximum absolute atomic E-state index is 11.7. The van der Waals surface area contributed by atoms with Crippen LogP contribution in [0, 0.1) is 0 Å². The molecule has 1 unspecified atom stereocenters. The molecule has 132 valence electrons. The Labute approximate surface area is 144 Å². The van der Waals surface area contributed by atoms with Gasteiger partial charge in [0.05, 0.1) is 25.8 Å². The molecule has 2 saturated heterocycles. The Morgan fingerprint density at radius 3 is 2.72 bits per heavy atom. The standard InChI is InChI=1S/C16H20N6O3/c1-24-12-5-10-11(6-13(12)25-2)19-15(20-14(10)17)21-3-4-22-9(8-21)7-18-16(22)23/h5-6,9H,3-4,7-8H2,1-2H3,(H,18,23)(H2,17,19,20). The summed E-state index contributed by atoms with van der Waals surface area (Å²) in [5.74, 6) is 2.14. The molecule has 25 heavy (non-hydrogen) atoms. The number of amides is 2. The third kappa shape index (κ3) is 2.51. The molecule has 0 aliphatic carbocycles. The zero-order valence-electron chi connectivity index (χ0n) is 14.2. The van der Waals surface area contributed by atoms with Crippen molar-refractivity contribution in [3.05, 3.63) is 12.1 Å². The van der Waals surface area contributed by atoms with Crippen molar-refractivity contribution >= 4 is 28.7 Å². The van der Waals surface area contributed by atoms with Crippen LogP contribution in [0.2, 0.25) is 0 Å². The number of carbonyl (C=O) groups is 1. The van der Waals surface area contributed by atoms with Crippen molar-refractivity contribution < 1.29 is 14.3 Å². The molecule has 1 aromatic heterocycles. The van der Waals surface area contributed by atoms with E-state index in [1.807, 2.05) is 4.90 Å². The Morgan fingerprint density at radius 1 is 1.20 bits per heavy atom. The predicted molar refractivity (Wildman–Crippen MR) is 93.2 cm³/mol. The highest BCUT2D eigenvalue weighted by Crippen LogP contribution is 2.34. The number of methoxy groups -OCH3 is 2. The third-order valence-electron chi connectivity index (χ3n) is 4.73. The fourth-order valence-electron chi connectivity index (χ4n) is 3.39. The van der Waals surface area contributed by atoms with E-state index in [0.29, 0.717) is 55.0 Å². The number of urea groups is 1. The Hall–Kier alpha value is -2.97. The Morgan fingerprint density at radius 2 is 1.96 bits per heavy atom. The number of nitrogen functional groups attached to an aromatic ring is 1. The molecular weight excluding hydrogens is 324 g/mol. The van der Waals surface area contributed by atoms with Gasteiger partial charge in [0.1, 0.15) is 5.82 Å². The Balaban J connectivity index is 1.70. The van der Waals surface area contributed by atoms with E-state index in [-0.39, 0.29) is 12.1 Å². The van der Waals surface area contributed by atoms with Crippen LogP contribution in [0.4, 0.5) is 16.6 Å². The summed E-state index contributed by atoms with van der Waals surface area (Å²) < 4.78 is 10.7. The van der Waals surface area contributed by atoms with Crippen molar-refractivity contribution in [3.63, 3.8) is 0 Å². The minimum Gasteiger partial charge on any atom is -0.493 e. The van der Waals surface area contributed by atoms with Gasteiger partial charge in [-0.05, 0) is 6.07 Å². The van der Waals surface area contributed by atoms with Crippen molar-refractivity contribution in [3.8, 4) is 11.5 Å². The summed E-state index contributed by atoms with van der Waals surface area (Å²) in [5, 5.41) is 3.59.